The molecule has 0 unspecified atom stereocenters. The van der Waals surface area contributed by atoms with Gasteiger partial charge in [0.05, 0.1) is 9.85 Å². The maximum atomic E-state index is 8.73. The van der Waals surface area contributed by atoms with E-state index in [0.717, 1.165) is 0 Å². The molecule has 0 heterocycles. The second-order valence-electron chi connectivity index (χ2n) is 2.09. The Morgan fingerprint density at radius 2 is 2.50 bits per heavy atom. The number of methoxy groups -OCH3 is 1. The maximum Gasteiger partial charge on any atom is 0.120 e. The lowest BCUT2D eigenvalue weighted by atomic mass is 10.2. The molecule has 0 aliphatic carbocycles. The smallest absolute Gasteiger partial charge is 0.120 e. The van der Waals surface area contributed by atoms with Crippen LogP contribution in [-0.4, -0.2) is 18.8 Å². The van der Waals surface area contributed by atoms with Crippen LogP contribution in [0.25, 0.3) is 0 Å². The maximum absolute atomic E-state index is 8.73. The molecule has 0 fully saturated rings. The van der Waals surface area contributed by atoms with Gasteiger partial charge in [0.25, 0.3) is 0 Å². The van der Waals surface area contributed by atoms with Crippen molar-refractivity contribution in [3.63, 3.8) is 0 Å². The van der Waals surface area contributed by atoms with Crippen molar-refractivity contribution in [1.29, 1.82) is 0 Å². The first kappa shape index (κ1) is 6.10. The molecule has 2 heteroatoms. The highest BCUT2D eigenvalue weighted by Crippen LogP contribution is 2.10. The Morgan fingerprint density at radius 1 is 1.67 bits per heavy atom. The van der Waals surface area contributed by atoms with Crippen molar-refractivity contribution in [3.8, 4) is 17.6 Å². The Kier molecular flexibility index (Phi) is 2.25. The largest absolute Gasteiger partial charge is 0.497 e. The number of rotatable bonds is 1. The zero-order valence-corrected chi connectivity index (χ0v) is 6.66. The van der Waals surface area contributed by atoms with Crippen molar-refractivity contribution < 1.29 is 12.6 Å². The van der Waals surface area contributed by atoms with Crippen molar-refractivity contribution in [1.82, 2.24) is 0 Å². The molecule has 1 aromatic carbocycles. The van der Waals surface area contributed by atoms with Crippen LogP contribution in [0.1, 0.15) is 8.30 Å². The minimum atomic E-state index is -2.46. The van der Waals surface area contributed by atoms with Crippen molar-refractivity contribution in [3.05, 3.63) is 29.8 Å². The lowest BCUT2D eigenvalue weighted by Gasteiger charge is -1.97. The van der Waals surface area contributed by atoms with Gasteiger partial charge < -0.3 is 9.84 Å². The Bertz CT molecular complexity index is 372. The molecule has 1 aromatic rings. The van der Waals surface area contributed by atoms with Crippen LogP contribution in [0.15, 0.2) is 24.3 Å². The number of ether oxygens (including phenoxy) is 1. The Morgan fingerprint density at radius 3 is 3.17 bits per heavy atom. The summed E-state index contributed by atoms with van der Waals surface area (Å²) in [5, 5.41) is 8.73. The predicted octanol–water partition coefficient (Wildman–Crippen LogP) is 1.04. The quantitative estimate of drug-likeness (QED) is 0.628. The van der Waals surface area contributed by atoms with E-state index < -0.39 is 6.56 Å². The van der Waals surface area contributed by atoms with Crippen LogP contribution in [0.5, 0.6) is 5.75 Å². The Labute approximate surface area is 74.6 Å². The number of benzene rings is 1. The van der Waals surface area contributed by atoms with Gasteiger partial charge in [-0.15, -0.1) is 0 Å². The van der Waals surface area contributed by atoms with Gasteiger partial charge in [-0.2, -0.15) is 0 Å². The summed E-state index contributed by atoms with van der Waals surface area (Å²) in [5.74, 6) is 5.23. The van der Waals surface area contributed by atoms with Crippen LogP contribution in [-0.2, 0) is 0 Å². The van der Waals surface area contributed by atoms with Crippen LogP contribution in [0.2, 0.25) is 0 Å². The van der Waals surface area contributed by atoms with E-state index in [1.807, 2.05) is 0 Å². The fourth-order valence-electron chi connectivity index (χ4n) is 0.801. The molecule has 0 bridgehead atoms. The van der Waals surface area contributed by atoms with E-state index >= 15 is 0 Å². The molecule has 1 N–H and O–H groups in total. The monoisotopic (exact) mass is 164 g/mol. The van der Waals surface area contributed by atoms with Gasteiger partial charge in [-0.25, -0.2) is 0 Å². The predicted molar refractivity (Wildman–Crippen MR) is 47.0 cm³/mol. The summed E-state index contributed by atoms with van der Waals surface area (Å²) < 4.78 is 18.6. The van der Waals surface area contributed by atoms with Gasteiger partial charge in [0.2, 0.25) is 0 Å². The fourth-order valence-corrected chi connectivity index (χ4v) is 0.801. The van der Waals surface area contributed by atoms with Gasteiger partial charge in [-0.3, -0.25) is 0 Å². The fraction of sp³-hybridized carbons (Fsp3) is 0.200. The minimum Gasteiger partial charge on any atom is -0.497 e. The van der Waals surface area contributed by atoms with Crippen LogP contribution < -0.4 is 4.74 Å². The number of hydrogen-bond donors (Lipinski definition) is 1. The molecule has 0 saturated carbocycles. The van der Waals surface area contributed by atoms with Gasteiger partial charge >= 0.3 is 0 Å². The van der Waals surface area contributed by atoms with Crippen molar-refractivity contribution in [2.24, 2.45) is 0 Å². The van der Waals surface area contributed by atoms with Gasteiger partial charge in [-0.05, 0) is 18.2 Å². The second-order valence-corrected chi connectivity index (χ2v) is 2.09. The summed E-state index contributed by atoms with van der Waals surface area (Å²) in [6.07, 6.45) is 0. The Hall–Kier alpha value is -1.46. The summed E-state index contributed by atoms with van der Waals surface area (Å²) >= 11 is 0. The number of aliphatic hydroxyl groups is 1. The average Bonchev–Trinajstić information content (AvgIpc) is 2.14. The molecule has 0 saturated heterocycles. The molecule has 0 aliphatic rings. The lowest BCUT2D eigenvalue weighted by Crippen LogP contribution is -1.83. The summed E-state index contributed by atoms with van der Waals surface area (Å²) in [6, 6.07) is 6.88. The van der Waals surface area contributed by atoms with Crippen molar-refractivity contribution in [2.45, 2.75) is 0 Å². The average molecular weight is 164 g/mol. The van der Waals surface area contributed by atoms with E-state index in [4.69, 9.17) is 12.6 Å². The summed E-state index contributed by atoms with van der Waals surface area (Å²) in [4.78, 5) is 0. The Balaban J connectivity index is 2.90. The van der Waals surface area contributed by atoms with E-state index in [0.29, 0.717) is 11.3 Å². The first-order valence-corrected chi connectivity index (χ1v) is 3.41. The van der Waals surface area contributed by atoms with Crippen molar-refractivity contribution in [2.75, 3.05) is 13.7 Å². The third-order valence-corrected chi connectivity index (χ3v) is 1.33. The summed E-state index contributed by atoms with van der Waals surface area (Å²) in [7, 11) is 1.54. The highest BCUT2D eigenvalue weighted by Gasteiger charge is 1.90. The third-order valence-electron chi connectivity index (χ3n) is 1.33. The SMILES string of the molecule is [2H]C([2H])(O)C#Cc1cccc(OC)c1. The second kappa shape index (κ2) is 4.42. The molecule has 1 rings (SSSR count). The zero-order chi connectivity index (χ0) is 10.6. The van der Waals surface area contributed by atoms with Gasteiger partial charge in [0.15, 0.2) is 0 Å². The van der Waals surface area contributed by atoms with E-state index in [-0.39, 0.29) is 0 Å². The highest BCUT2D eigenvalue weighted by atomic mass is 16.5. The highest BCUT2D eigenvalue weighted by molar-refractivity contribution is 5.39. The standard InChI is InChI=1S/C10H10O2/c1-12-10-6-2-4-9(8-10)5-3-7-11/h2,4,6,8,11H,7H2,1H3/i7D2. The molecule has 2 nitrogen and oxygen atoms in total. The molecular weight excluding hydrogens is 152 g/mol. The van der Waals surface area contributed by atoms with Crippen LogP contribution in [0.3, 0.4) is 0 Å². The lowest BCUT2D eigenvalue weighted by molar-refractivity contribution is 0.350. The van der Waals surface area contributed by atoms with Crippen molar-refractivity contribution >= 4 is 0 Å². The normalized spacial score (nSPS) is 12.2. The van der Waals surface area contributed by atoms with E-state index in [9.17, 15) is 0 Å². The molecule has 0 amide bonds. The van der Waals surface area contributed by atoms with Gasteiger partial charge in [0, 0.05) is 5.56 Å². The van der Waals surface area contributed by atoms with Crippen LogP contribution in [0, 0.1) is 11.8 Å². The van der Waals surface area contributed by atoms with Crippen LogP contribution >= 0.6 is 0 Å². The molecule has 0 aromatic heterocycles. The van der Waals surface area contributed by atoms with Gasteiger partial charge in [0.1, 0.15) is 12.3 Å². The molecule has 0 spiro atoms. The minimum absolute atomic E-state index is 0.599. The molecular formula is C10H10O2. The number of hydrogen-bond acceptors (Lipinski definition) is 2. The molecule has 12 heavy (non-hydrogen) atoms. The first-order valence-electron chi connectivity index (χ1n) is 4.41. The first-order chi connectivity index (χ1) is 6.51. The van der Waals surface area contributed by atoms with E-state index in [1.165, 1.54) is 7.11 Å². The van der Waals surface area contributed by atoms with E-state index in [2.05, 4.69) is 11.8 Å². The molecule has 0 atom stereocenters. The van der Waals surface area contributed by atoms with E-state index in [1.54, 1.807) is 24.3 Å². The topological polar surface area (TPSA) is 29.5 Å². The molecule has 0 radical (unpaired) electrons. The van der Waals surface area contributed by atoms with Gasteiger partial charge in [-0.1, -0.05) is 17.9 Å². The third kappa shape index (κ3) is 2.30. The zero-order valence-electron chi connectivity index (χ0n) is 8.66. The summed E-state index contributed by atoms with van der Waals surface area (Å²) in [6.45, 7) is -2.46. The molecule has 0 aliphatic heterocycles. The molecule has 62 valence electrons. The summed E-state index contributed by atoms with van der Waals surface area (Å²) in [5.41, 5.74) is 0.599. The van der Waals surface area contributed by atoms with Crippen LogP contribution in [0.4, 0.5) is 0 Å².